The molecule has 0 radical (unpaired) electrons. The van der Waals surface area contributed by atoms with Gasteiger partial charge in [0.15, 0.2) is 0 Å². The SMILES string of the molecule is O.O.O.[CaH2].[CaH2].[NaH]. The van der Waals surface area contributed by atoms with Gasteiger partial charge in [0, 0.05) is 0 Å². The molecule has 0 aliphatic carbocycles. The quantitative estimate of drug-likeness (QED) is 0.319. The Bertz CT molecular complexity index is 8.75. The van der Waals surface area contributed by atoms with E-state index in [2.05, 4.69) is 0 Å². The Labute approximate surface area is 118 Å². The van der Waals surface area contributed by atoms with Crippen molar-refractivity contribution in [1.82, 2.24) is 0 Å². The van der Waals surface area contributed by atoms with Crippen molar-refractivity contribution in [3.8, 4) is 0 Å². The molecule has 0 atom stereocenters. The molecule has 3 nitrogen and oxygen atoms in total. The molecule has 0 saturated carbocycles. The fourth-order valence-corrected chi connectivity index (χ4v) is 0. The molecule has 6 heteroatoms. The Morgan fingerprint density at radius 3 is 0.500 bits per heavy atom. The summed E-state index contributed by atoms with van der Waals surface area (Å²) >= 11 is 0. The standard InChI is InChI=1S/2Ca.Na.3H2O.5H/h;;;3*1H2;;;;;. The van der Waals surface area contributed by atoms with Gasteiger partial charge >= 0.3 is 105 Å². The zero-order valence-corrected chi connectivity index (χ0v) is 1.50. The zero-order chi connectivity index (χ0) is 0. The average molecular weight is 162 g/mol. The Morgan fingerprint density at radius 2 is 0.500 bits per heavy atom. The third-order valence-corrected chi connectivity index (χ3v) is 0. The molecule has 0 aliphatic rings. The van der Waals surface area contributed by atoms with E-state index in [1.54, 1.807) is 0 Å². The van der Waals surface area contributed by atoms with Gasteiger partial charge in [-0.05, 0) is 0 Å². The molecule has 0 amide bonds. The van der Waals surface area contributed by atoms with E-state index >= 15 is 0 Å². The van der Waals surface area contributed by atoms with Crippen molar-refractivity contribution in [2.45, 2.75) is 0 Å². The van der Waals surface area contributed by atoms with Gasteiger partial charge in [0.2, 0.25) is 0 Å². The van der Waals surface area contributed by atoms with Crippen LogP contribution in [0.25, 0.3) is 0 Å². The molecule has 0 heterocycles. The van der Waals surface area contributed by atoms with Crippen molar-refractivity contribution < 1.29 is 16.4 Å². The van der Waals surface area contributed by atoms with Gasteiger partial charge in [0.25, 0.3) is 0 Å². The maximum absolute atomic E-state index is 0. The first-order valence-electron chi connectivity index (χ1n) is 0. The Balaban J connectivity index is 0. The third-order valence-electron chi connectivity index (χ3n) is 0. The van der Waals surface area contributed by atoms with Crippen molar-refractivity contribution in [3.63, 3.8) is 0 Å². The summed E-state index contributed by atoms with van der Waals surface area (Å²) in [6, 6.07) is 0. The monoisotopic (exact) mass is 162 g/mol. The minimum absolute atomic E-state index is 0. The molecule has 0 aromatic heterocycles. The summed E-state index contributed by atoms with van der Waals surface area (Å²) in [5.41, 5.74) is 0. The number of rotatable bonds is 0. The predicted molar refractivity (Wildman–Crippen MR) is 35.1 cm³/mol. The summed E-state index contributed by atoms with van der Waals surface area (Å²) in [5.74, 6) is 0. The molecule has 0 unspecified atom stereocenters. The molecule has 0 saturated heterocycles. The van der Waals surface area contributed by atoms with E-state index in [-0.39, 0.29) is 121 Å². The summed E-state index contributed by atoms with van der Waals surface area (Å²) in [7, 11) is 0. The van der Waals surface area contributed by atoms with Crippen LogP contribution in [0.4, 0.5) is 0 Å². The molecule has 0 aromatic carbocycles. The van der Waals surface area contributed by atoms with Gasteiger partial charge in [0.1, 0.15) is 0 Å². The van der Waals surface area contributed by atoms with Crippen LogP contribution in [0.3, 0.4) is 0 Å². The van der Waals surface area contributed by atoms with Crippen molar-refractivity contribution in [2.75, 3.05) is 0 Å². The van der Waals surface area contributed by atoms with Gasteiger partial charge in [-0.2, -0.15) is 0 Å². The molecule has 0 aromatic rings. The molecule has 0 aliphatic heterocycles. The average Bonchev–Trinajstić information content (AvgIpc) is 0. The molecule has 6 N–H and O–H groups in total. The summed E-state index contributed by atoms with van der Waals surface area (Å²) in [5, 5.41) is 0. The maximum atomic E-state index is 0. The fourth-order valence-electron chi connectivity index (χ4n) is 0. The Morgan fingerprint density at radius 1 is 0.500 bits per heavy atom. The van der Waals surface area contributed by atoms with E-state index in [9.17, 15) is 0 Å². The molecule has 0 rings (SSSR count). The Hall–Kier alpha value is 3.40. The summed E-state index contributed by atoms with van der Waals surface area (Å²) in [6.07, 6.45) is 0. The molecular weight excluding hydrogens is 151 g/mol. The van der Waals surface area contributed by atoms with Crippen LogP contribution in [0.2, 0.25) is 0 Å². The van der Waals surface area contributed by atoms with Gasteiger partial charge in [-0.15, -0.1) is 0 Å². The van der Waals surface area contributed by atoms with Crippen LogP contribution >= 0.6 is 0 Å². The van der Waals surface area contributed by atoms with Gasteiger partial charge in [-0.25, -0.2) is 0 Å². The normalized spacial score (nSPS) is 0. The second kappa shape index (κ2) is 39.8. The molecule has 34 valence electrons. The van der Waals surface area contributed by atoms with E-state index in [1.165, 1.54) is 0 Å². The second-order valence-corrected chi connectivity index (χ2v) is 0. The van der Waals surface area contributed by atoms with E-state index in [1.807, 2.05) is 0 Å². The molecule has 0 spiro atoms. The van der Waals surface area contributed by atoms with Crippen molar-refractivity contribution >= 4 is 105 Å². The minimum atomic E-state index is 0. The van der Waals surface area contributed by atoms with Crippen molar-refractivity contribution in [2.24, 2.45) is 0 Å². The van der Waals surface area contributed by atoms with Crippen molar-refractivity contribution in [3.05, 3.63) is 0 Å². The van der Waals surface area contributed by atoms with E-state index in [4.69, 9.17) is 0 Å². The van der Waals surface area contributed by atoms with E-state index < -0.39 is 0 Å². The topological polar surface area (TPSA) is 94.5 Å². The second-order valence-electron chi connectivity index (χ2n) is 0. The van der Waals surface area contributed by atoms with Gasteiger partial charge in [-0.1, -0.05) is 0 Å². The van der Waals surface area contributed by atoms with E-state index in [0.29, 0.717) is 0 Å². The summed E-state index contributed by atoms with van der Waals surface area (Å²) in [6.45, 7) is 0. The first-order valence-corrected chi connectivity index (χ1v) is 0. The molecule has 0 fully saturated rings. The molecule has 6 heavy (non-hydrogen) atoms. The van der Waals surface area contributed by atoms with Crippen LogP contribution in [0.5, 0.6) is 0 Å². The molecular formula is H11Ca2NaO3. The summed E-state index contributed by atoms with van der Waals surface area (Å²) in [4.78, 5) is 0. The van der Waals surface area contributed by atoms with Crippen molar-refractivity contribution in [1.29, 1.82) is 0 Å². The first kappa shape index (κ1) is 57.4. The summed E-state index contributed by atoms with van der Waals surface area (Å²) < 4.78 is 0. The van der Waals surface area contributed by atoms with Crippen LogP contribution < -0.4 is 0 Å². The predicted octanol–water partition coefficient (Wildman–Crippen LogP) is -4.95. The van der Waals surface area contributed by atoms with Gasteiger partial charge < -0.3 is 16.4 Å². The van der Waals surface area contributed by atoms with Crippen LogP contribution in [0.15, 0.2) is 0 Å². The van der Waals surface area contributed by atoms with Crippen LogP contribution in [0, 0.1) is 0 Å². The van der Waals surface area contributed by atoms with Crippen LogP contribution in [-0.4, -0.2) is 121 Å². The molecule has 0 bridgehead atoms. The fraction of sp³-hybridized carbons (Fsp3) is 0. The number of hydrogen-bond donors (Lipinski definition) is 0. The van der Waals surface area contributed by atoms with Crippen LogP contribution in [0.1, 0.15) is 0 Å². The van der Waals surface area contributed by atoms with E-state index in [0.717, 1.165) is 0 Å². The zero-order valence-electron chi connectivity index (χ0n) is 1.50. The van der Waals surface area contributed by atoms with Gasteiger partial charge in [0.05, 0.1) is 0 Å². The number of hydrogen-bond acceptors (Lipinski definition) is 0. The Kier molecular flexibility index (Phi) is 381. The van der Waals surface area contributed by atoms with Crippen LogP contribution in [-0.2, 0) is 0 Å². The third kappa shape index (κ3) is 26.2. The first-order chi connectivity index (χ1) is 0. The van der Waals surface area contributed by atoms with Gasteiger partial charge in [-0.3, -0.25) is 0 Å².